The van der Waals surface area contributed by atoms with Gasteiger partial charge in [0.05, 0.1) is 6.04 Å². The first kappa shape index (κ1) is 18.2. The van der Waals surface area contributed by atoms with Gasteiger partial charge in [0.2, 0.25) is 5.91 Å². The number of amides is 1. The molecule has 25 heavy (non-hydrogen) atoms. The summed E-state index contributed by atoms with van der Waals surface area (Å²) in [6.07, 6.45) is 4.32. The number of unbranched alkanes of at least 4 members (excludes halogenated alkanes) is 1. The molecule has 2 aliphatic rings. The van der Waals surface area contributed by atoms with E-state index in [0.29, 0.717) is 0 Å². The molecular formula is C20H32N4O. The third-order valence-corrected chi connectivity index (χ3v) is 5.32. The minimum atomic E-state index is 0.0506. The second-order valence-corrected chi connectivity index (χ2v) is 7.31. The predicted molar refractivity (Wildman–Crippen MR) is 103 cm³/mol. The molecular weight excluding hydrogens is 312 g/mol. The van der Waals surface area contributed by atoms with Crippen LogP contribution in [0.15, 0.2) is 24.3 Å². The Labute approximate surface area is 151 Å². The second-order valence-electron chi connectivity index (χ2n) is 7.31. The predicted octanol–water partition coefficient (Wildman–Crippen LogP) is 1.77. The number of rotatable bonds is 7. The molecule has 2 fully saturated rings. The molecule has 2 N–H and O–H groups in total. The van der Waals surface area contributed by atoms with Gasteiger partial charge >= 0.3 is 0 Å². The fourth-order valence-electron chi connectivity index (χ4n) is 3.76. The standard InChI is InChI=1S/C20H32N4O/c1-17-6-4-7-18(16-17)24-14-12-23(13-15-24)11-3-2-9-22-20(25)19-8-5-10-21-19/h4,6-7,16,19,21H,2-3,5,8-15H2,1H3,(H,22,25). The number of hydrogen-bond acceptors (Lipinski definition) is 4. The molecule has 1 atom stereocenters. The minimum Gasteiger partial charge on any atom is -0.369 e. The van der Waals surface area contributed by atoms with Gasteiger partial charge in [0, 0.05) is 38.4 Å². The van der Waals surface area contributed by atoms with Crippen LogP contribution in [0.5, 0.6) is 0 Å². The van der Waals surface area contributed by atoms with Gasteiger partial charge < -0.3 is 15.5 Å². The molecule has 0 aliphatic carbocycles. The van der Waals surface area contributed by atoms with E-state index >= 15 is 0 Å². The summed E-state index contributed by atoms with van der Waals surface area (Å²) in [5.74, 6) is 0.185. The zero-order chi connectivity index (χ0) is 17.5. The van der Waals surface area contributed by atoms with E-state index in [-0.39, 0.29) is 11.9 Å². The number of nitrogens with one attached hydrogen (secondary N) is 2. The molecule has 1 unspecified atom stereocenters. The molecule has 5 nitrogen and oxygen atoms in total. The zero-order valence-electron chi connectivity index (χ0n) is 15.5. The fraction of sp³-hybridized carbons (Fsp3) is 0.650. The van der Waals surface area contributed by atoms with Crippen LogP contribution < -0.4 is 15.5 Å². The van der Waals surface area contributed by atoms with Gasteiger partial charge in [-0.2, -0.15) is 0 Å². The van der Waals surface area contributed by atoms with Crippen molar-refractivity contribution in [3.63, 3.8) is 0 Å². The molecule has 0 spiro atoms. The average Bonchev–Trinajstić information content (AvgIpc) is 3.17. The molecule has 3 rings (SSSR count). The Morgan fingerprint density at radius 3 is 2.80 bits per heavy atom. The summed E-state index contributed by atoms with van der Waals surface area (Å²) in [6.45, 7) is 9.55. The Morgan fingerprint density at radius 1 is 1.24 bits per heavy atom. The lowest BCUT2D eigenvalue weighted by atomic mass is 10.2. The van der Waals surface area contributed by atoms with E-state index in [2.05, 4.69) is 51.6 Å². The largest absolute Gasteiger partial charge is 0.369 e. The van der Waals surface area contributed by atoms with Crippen LogP contribution in [0.2, 0.25) is 0 Å². The number of hydrogen-bond donors (Lipinski definition) is 2. The summed E-state index contributed by atoms with van der Waals surface area (Å²) in [5.41, 5.74) is 2.68. The molecule has 5 heteroatoms. The minimum absolute atomic E-state index is 0.0506. The van der Waals surface area contributed by atoms with E-state index in [9.17, 15) is 4.79 Å². The molecule has 2 saturated heterocycles. The van der Waals surface area contributed by atoms with E-state index in [1.54, 1.807) is 0 Å². The third kappa shape index (κ3) is 5.44. The summed E-state index contributed by atoms with van der Waals surface area (Å²) in [6, 6.07) is 8.84. The lowest BCUT2D eigenvalue weighted by Gasteiger charge is -2.36. The maximum Gasteiger partial charge on any atom is 0.237 e. The number of carbonyl (C=O) groups is 1. The Morgan fingerprint density at radius 2 is 2.08 bits per heavy atom. The van der Waals surface area contributed by atoms with Crippen molar-refractivity contribution in [2.24, 2.45) is 0 Å². The zero-order valence-corrected chi connectivity index (χ0v) is 15.5. The van der Waals surface area contributed by atoms with E-state index in [1.807, 2.05) is 0 Å². The van der Waals surface area contributed by atoms with Crippen LogP contribution in [0.3, 0.4) is 0 Å². The lowest BCUT2D eigenvalue weighted by Crippen LogP contribution is -2.46. The lowest BCUT2D eigenvalue weighted by molar-refractivity contribution is -0.122. The number of piperazine rings is 1. The van der Waals surface area contributed by atoms with Crippen LogP contribution in [0.4, 0.5) is 5.69 Å². The van der Waals surface area contributed by atoms with Gasteiger partial charge in [-0.1, -0.05) is 12.1 Å². The number of aryl methyl sites for hydroxylation is 1. The molecule has 0 aromatic heterocycles. The smallest absolute Gasteiger partial charge is 0.237 e. The van der Waals surface area contributed by atoms with Crippen molar-refractivity contribution in [3.8, 4) is 0 Å². The Balaban J connectivity index is 1.27. The molecule has 2 aliphatic heterocycles. The molecule has 2 heterocycles. The molecule has 1 aromatic carbocycles. The van der Waals surface area contributed by atoms with E-state index in [0.717, 1.165) is 71.5 Å². The van der Waals surface area contributed by atoms with Gasteiger partial charge in [-0.05, 0) is 63.4 Å². The van der Waals surface area contributed by atoms with Crippen molar-refractivity contribution in [2.75, 3.05) is 50.7 Å². The first-order chi connectivity index (χ1) is 12.2. The molecule has 138 valence electrons. The maximum atomic E-state index is 11.9. The highest BCUT2D eigenvalue weighted by Crippen LogP contribution is 2.17. The van der Waals surface area contributed by atoms with Crippen molar-refractivity contribution in [3.05, 3.63) is 29.8 Å². The van der Waals surface area contributed by atoms with Crippen LogP contribution in [0, 0.1) is 6.92 Å². The monoisotopic (exact) mass is 344 g/mol. The van der Waals surface area contributed by atoms with Crippen LogP contribution in [0.25, 0.3) is 0 Å². The number of carbonyl (C=O) groups excluding carboxylic acids is 1. The van der Waals surface area contributed by atoms with Gasteiger partial charge in [0.25, 0.3) is 0 Å². The first-order valence-electron chi connectivity index (χ1n) is 9.77. The maximum absolute atomic E-state index is 11.9. The van der Waals surface area contributed by atoms with Crippen molar-refractivity contribution in [2.45, 2.75) is 38.6 Å². The van der Waals surface area contributed by atoms with Crippen LogP contribution >= 0.6 is 0 Å². The van der Waals surface area contributed by atoms with Crippen molar-refractivity contribution >= 4 is 11.6 Å². The van der Waals surface area contributed by atoms with Gasteiger partial charge in [-0.15, -0.1) is 0 Å². The summed E-state index contributed by atoms with van der Waals surface area (Å²) < 4.78 is 0. The molecule has 0 saturated carbocycles. The summed E-state index contributed by atoms with van der Waals surface area (Å²) in [7, 11) is 0. The summed E-state index contributed by atoms with van der Waals surface area (Å²) in [4.78, 5) is 16.9. The number of benzene rings is 1. The highest BCUT2D eigenvalue weighted by atomic mass is 16.2. The average molecular weight is 345 g/mol. The van der Waals surface area contributed by atoms with Gasteiger partial charge in [0.15, 0.2) is 0 Å². The third-order valence-electron chi connectivity index (χ3n) is 5.32. The molecule has 1 aromatic rings. The Kier molecular flexibility index (Phi) is 6.70. The van der Waals surface area contributed by atoms with Crippen LogP contribution in [-0.2, 0) is 4.79 Å². The van der Waals surface area contributed by atoms with Crippen LogP contribution in [0.1, 0.15) is 31.2 Å². The Hall–Kier alpha value is -1.59. The first-order valence-corrected chi connectivity index (χ1v) is 9.77. The summed E-state index contributed by atoms with van der Waals surface area (Å²) in [5, 5.41) is 6.31. The van der Waals surface area contributed by atoms with Gasteiger partial charge in [-0.3, -0.25) is 9.69 Å². The fourth-order valence-corrected chi connectivity index (χ4v) is 3.76. The van der Waals surface area contributed by atoms with E-state index in [4.69, 9.17) is 0 Å². The summed E-state index contributed by atoms with van der Waals surface area (Å²) >= 11 is 0. The second kappa shape index (κ2) is 9.20. The number of nitrogens with zero attached hydrogens (tertiary/aromatic N) is 2. The number of anilines is 1. The highest BCUT2D eigenvalue weighted by molar-refractivity contribution is 5.81. The van der Waals surface area contributed by atoms with Crippen LogP contribution in [-0.4, -0.2) is 62.7 Å². The molecule has 0 bridgehead atoms. The van der Waals surface area contributed by atoms with Crippen molar-refractivity contribution in [1.82, 2.24) is 15.5 Å². The normalized spacial score (nSPS) is 21.5. The van der Waals surface area contributed by atoms with Crippen molar-refractivity contribution in [1.29, 1.82) is 0 Å². The SMILES string of the molecule is Cc1cccc(N2CCN(CCCCNC(=O)C3CCCN3)CC2)c1. The van der Waals surface area contributed by atoms with Crippen molar-refractivity contribution < 1.29 is 4.79 Å². The molecule has 1 amide bonds. The topological polar surface area (TPSA) is 47.6 Å². The van der Waals surface area contributed by atoms with Gasteiger partial charge in [-0.25, -0.2) is 0 Å². The highest BCUT2D eigenvalue weighted by Gasteiger charge is 2.21. The Bertz CT molecular complexity index is 548. The van der Waals surface area contributed by atoms with Gasteiger partial charge in [0.1, 0.15) is 0 Å². The quantitative estimate of drug-likeness (QED) is 0.740. The van der Waals surface area contributed by atoms with E-state index in [1.165, 1.54) is 11.3 Å². The van der Waals surface area contributed by atoms with E-state index < -0.39 is 0 Å². The molecule has 0 radical (unpaired) electrons.